The fraction of sp³-hybridized carbons (Fsp3) is 0.600. The highest BCUT2D eigenvalue weighted by Gasteiger charge is 2.37. The third-order valence-electron chi connectivity index (χ3n) is 3.01. The molecule has 2 rings (SSSR count). The molecule has 1 N–H and O–H groups in total. The maximum Gasteiger partial charge on any atom is 0.224 e. The van der Waals surface area contributed by atoms with Crippen molar-refractivity contribution in [3.63, 3.8) is 0 Å². The first-order valence-electron chi connectivity index (χ1n) is 5.09. The Morgan fingerprint density at radius 3 is 3.06 bits per heavy atom. The molecule has 0 amide bonds. The molecule has 1 fully saturated rings. The Hall–Kier alpha value is -0.940. The van der Waals surface area contributed by atoms with Crippen molar-refractivity contribution in [2.45, 2.75) is 31.9 Å². The van der Waals surface area contributed by atoms with Crippen LogP contribution in [0.15, 0.2) is 6.20 Å². The minimum absolute atomic E-state index is 0.000593. The van der Waals surface area contributed by atoms with Crippen LogP contribution in [0.5, 0.6) is 0 Å². The van der Waals surface area contributed by atoms with Crippen molar-refractivity contribution in [1.29, 1.82) is 0 Å². The van der Waals surface area contributed by atoms with E-state index in [9.17, 15) is 4.39 Å². The van der Waals surface area contributed by atoms with Crippen molar-refractivity contribution in [1.82, 2.24) is 9.97 Å². The average molecular weight is 246 g/mol. The van der Waals surface area contributed by atoms with Gasteiger partial charge in [0.25, 0.3) is 0 Å². The van der Waals surface area contributed by atoms with Gasteiger partial charge in [0.2, 0.25) is 5.28 Å². The van der Waals surface area contributed by atoms with Crippen molar-refractivity contribution in [2.75, 3.05) is 11.9 Å². The Bertz CT molecular complexity index is 404. The molecule has 2 unspecified atom stereocenters. The summed E-state index contributed by atoms with van der Waals surface area (Å²) in [5.41, 5.74) is -0.321. The van der Waals surface area contributed by atoms with Gasteiger partial charge in [-0.3, -0.25) is 0 Å². The van der Waals surface area contributed by atoms with E-state index in [1.165, 1.54) is 0 Å². The van der Waals surface area contributed by atoms with Gasteiger partial charge in [-0.15, -0.1) is 0 Å². The minimum atomic E-state index is -0.510. The van der Waals surface area contributed by atoms with Crippen molar-refractivity contribution >= 4 is 17.4 Å². The molecule has 0 radical (unpaired) electrons. The maximum atomic E-state index is 13.4. The molecule has 1 aromatic heterocycles. The zero-order valence-electron chi connectivity index (χ0n) is 9.13. The fourth-order valence-electron chi connectivity index (χ4n) is 1.70. The monoisotopic (exact) mass is 245 g/mol. The van der Waals surface area contributed by atoms with Gasteiger partial charge in [0.1, 0.15) is 0 Å². The van der Waals surface area contributed by atoms with Crippen molar-refractivity contribution in [3.8, 4) is 0 Å². The highest BCUT2D eigenvalue weighted by molar-refractivity contribution is 6.28. The summed E-state index contributed by atoms with van der Waals surface area (Å²) < 4.78 is 18.9. The van der Waals surface area contributed by atoms with E-state index in [-0.39, 0.29) is 22.7 Å². The van der Waals surface area contributed by atoms with E-state index in [0.717, 1.165) is 12.6 Å². The van der Waals surface area contributed by atoms with Gasteiger partial charge >= 0.3 is 0 Å². The van der Waals surface area contributed by atoms with Gasteiger partial charge in [0.05, 0.1) is 17.8 Å². The summed E-state index contributed by atoms with van der Waals surface area (Å²) in [7, 11) is 0. The van der Waals surface area contributed by atoms with Crippen LogP contribution >= 0.6 is 11.6 Å². The number of anilines is 1. The molecule has 1 aliphatic rings. The standard InChI is InChI=1S/C10H13ClFN3O/c1-6-10(2,3-4-16-6)15-8-7(12)5-13-9(11)14-8/h5-6H,3-4H2,1-2H3,(H,13,14,15). The third-order valence-corrected chi connectivity index (χ3v) is 3.19. The molecule has 88 valence electrons. The highest BCUT2D eigenvalue weighted by atomic mass is 35.5. The van der Waals surface area contributed by atoms with Crippen LogP contribution in [0.25, 0.3) is 0 Å². The SMILES string of the molecule is CC1OCCC1(C)Nc1nc(Cl)ncc1F. The number of nitrogens with zero attached hydrogens (tertiary/aromatic N) is 2. The molecule has 0 bridgehead atoms. The first-order chi connectivity index (χ1) is 7.51. The topological polar surface area (TPSA) is 47.0 Å². The smallest absolute Gasteiger partial charge is 0.224 e. The Balaban J connectivity index is 2.23. The molecular weight excluding hydrogens is 233 g/mol. The molecule has 6 heteroatoms. The number of rotatable bonds is 2. The van der Waals surface area contributed by atoms with Crippen LogP contribution < -0.4 is 5.32 Å². The lowest BCUT2D eigenvalue weighted by atomic mass is 9.95. The molecule has 0 saturated carbocycles. The van der Waals surface area contributed by atoms with E-state index in [1.54, 1.807) is 0 Å². The number of halogens is 2. The highest BCUT2D eigenvalue weighted by Crippen LogP contribution is 2.29. The normalized spacial score (nSPS) is 29.4. The maximum absolute atomic E-state index is 13.4. The number of ether oxygens (including phenoxy) is 1. The summed E-state index contributed by atoms with van der Waals surface area (Å²) in [4.78, 5) is 7.39. The van der Waals surface area contributed by atoms with Crippen LogP contribution in [0.1, 0.15) is 20.3 Å². The van der Waals surface area contributed by atoms with Crippen molar-refractivity contribution in [2.24, 2.45) is 0 Å². The second kappa shape index (κ2) is 4.14. The molecule has 2 heterocycles. The summed E-state index contributed by atoms with van der Waals surface area (Å²) in [6.45, 7) is 4.58. The fourth-order valence-corrected chi connectivity index (χ4v) is 1.84. The Kier molecular flexibility index (Phi) is 2.99. The van der Waals surface area contributed by atoms with E-state index in [4.69, 9.17) is 16.3 Å². The second-order valence-corrected chi connectivity index (χ2v) is 4.48. The average Bonchev–Trinajstić information content (AvgIpc) is 2.53. The zero-order valence-corrected chi connectivity index (χ0v) is 9.88. The van der Waals surface area contributed by atoms with Gasteiger partial charge in [-0.05, 0) is 31.9 Å². The largest absolute Gasteiger partial charge is 0.376 e. The molecule has 4 nitrogen and oxygen atoms in total. The molecule has 16 heavy (non-hydrogen) atoms. The number of hydrogen-bond donors (Lipinski definition) is 1. The van der Waals surface area contributed by atoms with Crippen LogP contribution in [0.3, 0.4) is 0 Å². The predicted molar refractivity (Wildman–Crippen MR) is 59.1 cm³/mol. The predicted octanol–water partition coefficient (Wildman–Crippen LogP) is 2.25. The van der Waals surface area contributed by atoms with Crippen LogP contribution in [-0.2, 0) is 4.74 Å². The van der Waals surface area contributed by atoms with E-state index in [0.29, 0.717) is 6.61 Å². The minimum Gasteiger partial charge on any atom is -0.376 e. The molecule has 0 aliphatic carbocycles. The lowest BCUT2D eigenvalue weighted by Crippen LogP contribution is -2.41. The van der Waals surface area contributed by atoms with Gasteiger partial charge in [-0.1, -0.05) is 0 Å². The molecule has 2 atom stereocenters. The van der Waals surface area contributed by atoms with Gasteiger partial charge in [-0.2, -0.15) is 4.98 Å². The first kappa shape index (κ1) is 11.5. The first-order valence-corrected chi connectivity index (χ1v) is 5.47. The number of aromatic nitrogens is 2. The van der Waals surface area contributed by atoms with Gasteiger partial charge in [0, 0.05) is 6.61 Å². The molecule has 0 aromatic carbocycles. The number of nitrogens with one attached hydrogen (secondary N) is 1. The van der Waals surface area contributed by atoms with Crippen molar-refractivity contribution < 1.29 is 9.13 Å². The summed E-state index contributed by atoms with van der Waals surface area (Å²) in [5, 5.41) is 3.07. The Labute approximate surface area is 98.2 Å². The van der Waals surface area contributed by atoms with Crippen LogP contribution in [0.4, 0.5) is 10.2 Å². The third kappa shape index (κ3) is 2.10. The summed E-state index contributed by atoms with van der Waals surface area (Å²) in [6.07, 6.45) is 1.86. The van der Waals surface area contributed by atoms with Gasteiger partial charge < -0.3 is 10.1 Å². The van der Waals surface area contributed by atoms with Crippen LogP contribution in [0, 0.1) is 5.82 Å². The van der Waals surface area contributed by atoms with E-state index in [2.05, 4.69) is 15.3 Å². The van der Waals surface area contributed by atoms with Gasteiger partial charge in [-0.25, -0.2) is 9.37 Å². The summed E-state index contributed by atoms with van der Waals surface area (Å²) >= 11 is 5.62. The van der Waals surface area contributed by atoms with Crippen molar-refractivity contribution in [3.05, 3.63) is 17.3 Å². The lowest BCUT2D eigenvalue weighted by molar-refractivity contribution is 0.105. The van der Waals surface area contributed by atoms with Crippen LogP contribution in [-0.4, -0.2) is 28.2 Å². The van der Waals surface area contributed by atoms with E-state index >= 15 is 0 Å². The second-order valence-electron chi connectivity index (χ2n) is 4.14. The van der Waals surface area contributed by atoms with E-state index in [1.807, 2.05) is 13.8 Å². The van der Waals surface area contributed by atoms with Crippen LogP contribution in [0.2, 0.25) is 5.28 Å². The number of hydrogen-bond acceptors (Lipinski definition) is 4. The van der Waals surface area contributed by atoms with E-state index < -0.39 is 5.82 Å². The summed E-state index contributed by atoms with van der Waals surface area (Å²) in [6, 6.07) is 0. The lowest BCUT2D eigenvalue weighted by Gasteiger charge is -2.29. The molecule has 1 aliphatic heterocycles. The summed E-state index contributed by atoms with van der Waals surface area (Å²) in [5.74, 6) is -0.385. The van der Waals surface area contributed by atoms with Gasteiger partial charge in [0.15, 0.2) is 11.6 Å². The Morgan fingerprint density at radius 2 is 2.44 bits per heavy atom. The molecular formula is C10H13ClFN3O. The molecule has 0 spiro atoms. The Morgan fingerprint density at radius 1 is 1.69 bits per heavy atom. The zero-order chi connectivity index (χ0) is 11.8. The molecule has 1 saturated heterocycles. The molecule has 1 aromatic rings. The quantitative estimate of drug-likeness (QED) is 0.812.